The van der Waals surface area contributed by atoms with Gasteiger partial charge < -0.3 is 28.8 Å². The maximum atomic E-state index is 11.0. The number of ether oxygens (including phenoxy) is 5. The zero-order valence-corrected chi connectivity index (χ0v) is 17.0. The van der Waals surface area contributed by atoms with Crippen molar-refractivity contribution in [1.29, 1.82) is 0 Å². The van der Waals surface area contributed by atoms with Gasteiger partial charge in [0.1, 0.15) is 0 Å². The second-order valence-electron chi connectivity index (χ2n) is 6.95. The number of methoxy groups -OCH3 is 4. The zero-order valence-electron chi connectivity index (χ0n) is 17.0. The molecule has 4 atom stereocenters. The number of aliphatic hydroxyl groups is 1. The van der Waals surface area contributed by atoms with Gasteiger partial charge in [0.2, 0.25) is 0 Å². The summed E-state index contributed by atoms with van der Waals surface area (Å²) in [5.74, 6) is 2.65. The standard InChI is InChI=1S/C22H28O6/c1-13-16(21(23)14-6-8-17(24-2)19(10-14)26-4)12-28-22(13)15-7-9-18(25-3)20(11-15)27-5/h6-11,13,16,21-23H,12H2,1-5H3. The molecule has 152 valence electrons. The molecule has 4 unspecified atom stereocenters. The van der Waals surface area contributed by atoms with Crippen LogP contribution in [0.4, 0.5) is 0 Å². The van der Waals surface area contributed by atoms with Crippen molar-refractivity contribution < 1.29 is 28.8 Å². The molecule has 1 aliphatic rings. The molecule has 6 heteroatoms. The van der Waals surface area contributed by atoms with Gasteiger partial charge >= 0.3 is 0 Å². The van der Waals surface area contributed by atoms with Crippen molar-refractivity contribution in [3.05, 3.63) is 47.5 Å². The molecule has 3 rings (SSSR count). The average molecular weight is 388 g/mol. The first-order chi connectivity index (χ1) is 13.5. The van der Waals surface area contributed by atoms with E-state index in [1.54, 1.807) is 28.4 Å². The van der Waals surface area contributed by atoms with Crippen LogP contribution in [0.15, 0.2) is 36.4 Å². The summed E-state index contributed by atoms with van der Waals surface area (Å²) in [6.07, 6.45) is -0.792. The summed E-state index contributed by atoms with van der Waals surface area (Å²) in [5.41, 5.74) is 1.79. The first-order valence-corrected chi connectivity index (χ1v) is 9.27. The Hall–Kier alpha value is -2.44. The van der Waals surface area contributed by atoms with E-state index in [1.807, 2.05) is 36.4 Å². The van der Waals surface area contributed by atoms with Crippen LogP contribution in [-0.4, -0.2) is 40.2 Å². The van der Waals surface area contributed by atoms with Gasteiger partial charge in [-0.15, -0.1) is 0 Å². The molecule has 0 aromatic heterocycles. The Morgan fingerprint density at radius 2 is 1.43 bits per heavy atom. The SMILES string of the molecule is COc1ccc(C(O)C2COC(c3ccc(OC)c(OC)c3)C2C)cc1OC. The van der Waals surface area contributed by atoms with Crippen molar-refractivity contribution in [1.82, 2.24) is 0 Å². The fourth-order valence-electron chi connectivity index (χ4n) is 3.84. The van der Waals surface area contributed by atoms with Crippen LogP contribution in [0.2, 0.25) is 0 Å². The number of hydrogen-bond donors (Lipinski definition) is 1. The molecule has 2 aromatic carbocycles. The van der Waals surface area contributed by atoms with Crippen LogP contribution in [0, 0.1) is 11.8 Å². The summed E-state index contributed by atoms with van der Waals surface area (Å²) in [7, 11) is 6.41. The van der Waals surface area contributed by atoms with Crippen LogP contribution >= 0.6 is 0 Å². The zero-order chi connectivity index (χ0) is 20.3. The lowest BCUT2D eigenvalue weighted by Crippen LogP contribution is -2.20. The van der Waals surface area contributed by atoms with Crippen molar-refractivity contribution in [2.45, 2.75) is 19.1 Å². The third-order valence-corrected chi connectivity index (χ3v) is 5.51. The highest BCUT2D eigenvalue weighted by Gasteiger charge is 2.39. The molecule has 0 spiro atoms. The molecule has 1 aliphatic heterocycles. The predicted molar refractivity (Wildman–Crippen MR) is 105 cm³/mol. The lowest BCUT2D eigenvalue weighted by atomic mass is 9.83. The minimum absolute atomic E-state index is 0.0452. The average Bonchev–Trinajstić information content (AvgIpc) is 3.13. The van der Waals surface area contributed by atoms with Crippen LogP contribution in [0.5, 0.6) is 23.0 Å². The van der Waals surface area contributed by atoms with Gasteiger partial charge in [0.05, 0.1) is 47.3 Å². The van der Waals surface area contributed by atoms with Crippen LogP contribution in [0.1, 0.15) is 30.3 Å². The van der Waals surface area contributed by atoms with Gasteiger partial charge in [0, 0.05) is 5.92 Å². The fraction of sp³-hybridized carbons (Fsp3) is 0.455. The molecule has 0 bridgehead atoms. The second kappa shape index (κ2) is 8.71. The predicted octanol–water partition coefficient (Wildman–Crippen LogP) is 3.78. The quantitative estimate of drug-likeness (QED) is 0.779. The lowest BCUT2D eigenvalue weighted by Gasteiger charge is -2.24. The van der Waals surface area contributed by atoms with E-state index < -0.39 is 6.10 Å². The Bertz CT molecular complexity index is 806. The van der Waals surface area contributed by atoms with Gasteiger partial charge in [-0.2, -0.15) is 0 Å². The van der Waals surface area contributed by atoms with E-state index >= 15 is 0 Å². The first-order valence-electron chi connectivity index (χ1n) is 9.27. The van der Waals surface area contributed by atoms with Gasteiger partial charge in [0.15, 0.2) is 23.0 Å². The summed E-state index contributed by atoms with van der Waals surface area (Å²) in [6.45, 7) is 2.57. The maximum Gasteiger partial charge on any atom is 0.161 e. The second-order valence-corrected chi connectivity index (χ2v) is 6.95. The van der Waals surface area contributed by atoms with E-state index in [0.29, 0.717) is 29.6 Å². The van der Waals surface area contributed by atoms with E-state index in [9.17, 15) is 5.11 Å². The first kappa shape index (κ1) is 20.3. The molecule has 1 fully saturated rings. The molecule has 0 saturated carbocycles. The van der Waals surface area contributed by atoms with E-state index in [4.69, 9.17) is 23.7 Å². The highest BCUT2D eigenvalue weighted by molar-refractivity contribution is 5.45. The van der Waals surface area contributed by atoms with Crippen molar-refractivity contribution in [2.24, 2.45) is 11.8 Å². The maximum absolute atomic E-state index is 11.0. The topological polar surface area (TPSA) is 66.4 Å². The third-order valence-electron chi connectivity index (χ3n) is 5.51. The molecule has 0 amide bonds. The van der Waals surface area contributed by atoms with Crippen molar-refractivity contribution in [3.8, 4) is 23.0 Å². The molecule has 1 heterocycles. The molecule has 1 N–H and O–H groups in total. The largest absolute Gasteiger partial charge is 0.493 e. The molecular formula is C22H28O6. The summed E-state index contributed by atoms with van der Waals surface area (Å²) in [4.78, 5) is 0. The van der Waals surface area contributed by atoms with Crippen molar-refractivity contribution in [3.63, 3.8) is 0 Å². The molecule has 1 saturated heterocycles. The molecule has 28 heavy (non-hydrogen) atoms. The van der Waals surface area contributed by atoms with Crippen LogP contribution in [0.3, 0.4) is 0 Å². The Kier molecular flexibility index (Phi) is 6.31. The summed E-state index contributed by atoms with van der Waals surface area (Å²) >= 11 is 0. The minimum Gasteiger partial charge on any atom is -0.493 e. The number of aliphatic hydroxyl groups excluding tert-OH is 1. The summed E-state index contributed by atoms with van der Waals surface area (Å²) in [5, 5.41) is 11.0. The van der Waals surface area contributed by atoms with Crippen molar-refractivity contribution in [2.75, 3.05) is 35.0 Å². The van der Waals surface area contributed by atoms with E-state index in [0.717, 1.165) is 11.1 Å². The molecule has 0 radical (unpaired) electrons. The van der Waals surface area contributed by atoms with E-state index in [-0.39, 0.29) is 17.9 Å². The Morgan fingerprint density at radius 1 is 0.857 bits per heavy atom. The van der Waals surface area contributed by atoms with E-state index in [1.165, 1.54) is 0 Å². The molecule has 2 aromatic rings. The van der Waals surface area contributed by atoms with Gasteiger partial charge in [0.25, 0.3) is 0 Å². The van der Waals surface area contributed by atoms with Crippen LogP contribution in [0.25, 0.3) is 0 Å². The van der Waals surface area contributed by atoms with E-state index in [2.05, 4.69) is 6.92 Å². The van der Waals surface area contributed by atoms with Crippen LogP contribution < -0.4 is 18.9 Å². The Labute approximate surface area is 165 Å². The van der Waals surface area contributed by atoms with Gasteiger partial charge in [-0.25, -0.2) is 0 Å². The molecule has 6 nitrogen and oxygen atoms in total. The number of hydrogen-bond acceptors (Lipinski definition) is 6. The van der Waals surface area contributed by atoms with Crippen molar-refractivity contribution >= 4 is 0 Å². The highest BCUT2D eigenvalue weighted by Crippen LogP contribution is 2.45. The van der Waals surface area contributed by atoms with Gasteiger partial charge in [-0.1, -0.05) is 19.1 Å². The monoisotopic (exact) mass is 388 g/mol. The number of benzene rings is 2. The minimum atomic E-state index is -0.667. The molecule has 0 aliphatic carbocycles. The highest BCUT2D eigenvalue weighted by atomic mass is 16.5. The molecular weight excluding hydrogens is 360 g/mol. The number of rotatable bonds is 7. The summed E-state index contributed by atoms with van der Waals surface area (Å²) in [6, 6.07) is 11.3. The fourth-order valence-corrected chi connectivity index (χ4v) is 3.84. The Morgan fingerprint density at radius 3 is 2.04 bits per heavy atom. The Balaban J connectivity index is 1.81. The normalized spacial score (nSPS) is 22.6. The van der Waals surface area contributed by atoms with Gasteiger partial charge in [-0.05, 0) is 41.3 Å². The van der Waals surface area contributed by atoms with Gasteiger partial charge in [-0.3, -0.25) is 0 Å². The third kappa shape index (κ3) is 3.75. The van der Waals surface area contributed by atoms with Crippen LogP contribution in [-0.2, 0) is 4.74 Å². The lowest BCUT2D eigenvalue weighted by molar-refractivity contribution is 0.0755. The summed E-state index contributed by atoms with van der Waals surface area (Å²) < 4.78 is 27.4. The smallest absolute Gasteiger partial charge is 0.161 e.